The highest BCUT2D eigenvalue weighted by Crippen LogP contribution is 2.39. The number of ether oxygens (including phenoxy) is 1. The van der Waals surface area contributed by atoms with E-state index in [4.69, 9.17) is 21.4 Å². The third-order valence-corrected chi connectivity index (χ3v) is 7.33. The number of carboxylic acids is 1. The monoisotopic (exact) mass is 470 g/mol. The Balaban J connectivity index is 1.56. The molecule has 0 unspecified atom stereocenters. The standard InChI is InChI=1S/C28H35ClO4/c1-28(2,20-10-6-5-7-11-20)21-14-16-22(17-15-21)33-19-24-23(25(29)18-26(24)30)12-8-3-4-9-13-27(31)32/h3,5-8,10-11,14-17,23-26,30H,4,9,12-13,18-19H2,1-2H3,(H,31,32)/b8-3-/t23-,24+,25-,26-/m1/s1. The fourth-order valence-electron chi connectivity index (χ4n) is 4.62. The highest BCUT2D eigenvalue weighted by atomic mass is 35.5. The number of hydrogen-bond acceptors (Lipinski definition) is 3. The second-order valence-corrected chi connectivity index (χ2v) is 10.0. The van der Waals surface area contributed by atoms with Gasteiger partial charge in [0.15, 0.2) is 0 Å². The molecule has 3 rings (SSSR count). The summed E-state index contributed by atoms with van der Waals surface area (Å²) < 4.78 is 6.08. The second-order valence-electron chi connectivity index (χ2n) is 9.47. The lowest BCUT2D eigenvalue weighted by Crippen LogP contribution is -2.27. The Labute approximate surface area is 202 Å². The van der Waals surface area contributed by atoms with Gasteiger partial charge >= 0.3 is 5.97 Å². The molecule has 0 bridgehead atoms. The Morgan fingerprint density at radius 1 is 1.06 bits per heavy atom. The average Bonchev–Trinajstić information content (AvgIpc) is 3.07. The summed E-state index contributed by atoms with van der Waals surface area (Å²) >= 11 is 6.53. The molecule has 0 heterocycles. The molecule has 1 saturated carbocycles. The summed E-state index contributed by atoms with van der Waals surface area (Å²) in [5.41, 5.74) is 2.38. The van der Waals surface area contributed by atoms with Gasteiger partial charge in [0.1, 0.15) is 5.75 Å². The number of alkyl halides is 1. The number of benzene rings is 2. The number of carbonyl (C=O) groups is 1. The van der Waals surface area contributed by atoms with Gasteiger partial charge in [-0.15, -0.1) is 11.6 Å². The minimum absolute atomic E-state index is 0.0309. The first-order chi connectivity index (χ1) is 15.8. The van der Waals surface area contributed by atoms with Crippen LogP contribution in [0.2, 0.25) is 0 Å². The van der Waals surface area contributed by atoms with Crippen LogP contribution in [0.4, 0.5) is 0 Å². The molecule has 4 atom stereocenters. The van der Waals surface area contributed by atoms with Crippen LogP contribution in [0.15, 0.2) is 66.7 Å². The van der Waals surface area contributed by atoms with Crippen LogP contribution < -0.4 is 4.74 Å². The number of halogens is 1. The van der Waals surface area contributed by atoms with Gasteiger partial charge in [0.25, 0.3) is 0 Å². The quantitative estimate of drug-likeness (QED) is 0.233. The van der Waals surface area contributed by atoms with E-state index in [0.29, 0.717) is 19.4 Å². The number of allylic oxidation sites excluding steroid dienone is 2. The lowest BCUT2D eigenvalue weighted by Gasteiger charge is -2.26. The van der Waals surface area contributed by atoms with E-state index in [1.807, 2.05) is 24.3 Å². The maximum absolute atomic E-state index is 10.6. The zero-order chi connectivity index (χ0) is 23.8. The van der Waals surface area contributed by atoms with Crippen molar-refractivity contribution >= 4 is 17.6 Å². The number of carboxylic acid groups (broad SMARTS) is 1. The molecule has 0 amide bonds. The number of hydrogen-bond donors (Lipinski definition) is 2. The highest BCUT2D eigenvalue weighted by molar-refractivity contribution is 6.21. The van der Waals surface area contributed by atoms with Crippen molar-refractivity contribution in [1.29, 1.82) is 0 Å². The first-order valence-electron chi connectivity index (χ1n) is 11.8. The average molecular weight is 471 g/mol. The molecule has 2 N–H and O–H groups in total. The molecular weight excluding hydrogens is 436 g/mol. The molecule has 0 radical (unpaired) electrons. The molecule has 2 aromatic carbocycles. The topological polar surface area (TPSA) is 66.8 Å². The van der Waals surface area contributed by atoms with Crippen LogP contribution in [-0.2, 0) is 10.2 Å². The van der Waals surface area contributed by atoms with Gasteiger partial charge in [0.2, 0.25) is 0 Å². The van der Waals surface area contributed by atoms with Crippen molar-refractivity contribution in [2.45, 2.75) is 62.8 Å². The number of rotatable bonds is 11. The van der Waals surface area contributed by atoms with Crippen LogP contribution >= 0.6 is 11.6 Å². The zero-order valence-electron chi connectivity index (χ0n) is 19.5. The van der Waals surface area contributed by atoms with Crippen molar-refractivity contribution in [3.8, 4) is 5.75 Å². The van der Waals surface area contributed by atoms with Crippen molar-refractivity contribution in [3.63, 3.8) is 0 Å². The fraction of sp³-hybridized carbons (Fsp3) is 0.464. The molecule has 0 spiro atoms. The molecule has 178 valence electrons. The first-order valence-corrected chi connectivity index (χ1v) is 12.2. The predicted molar refractivity (Wildman–Crippen MR) is 133 cm³/mol. The van der Waals surface area contributed by atoms with E-state index in [9.17, 15) is 9.90 Å². The Kier molecular flexibility index (Phi) is 8.99. The van der Waals surface area contributed by atoms with E-state index < -0.39 is 12.1 Å². The summed E-state index contributed by atoms with van der Waals surface area (Å²) in [6.45, 7) is 4.85. The van der Waals surface area contributed by atoms with Gasteiger partial charge in [-0.25, -0.2) is 0 Å². The van der Waals surface area contributed by atoms with Crippen molar-refractivity contribution in [1.82, 2.24) is 0 Å². The number of aliphatic hydroxyl groups is 1. The van der Waals surface area contributed by atoms with Crippen LogP contribution in [0.1, 0.15) is 57.1 Å². The van der Waals surface area contributed by atoms with Gasteiger partial charge in [-0.1, -0.05) is 68.5 Å². The summed E-state index contributed by atoms with van der Waals surface area (Å²) in [6.07, 6.45) is 6.48. The summed E-state index contributed by atoms with van der Waals surface area (Å²) in [7, 11) is 0. The number of aliphatic carboxylic acids is 1. The SMILES string of the molecule is CC(C)(c1ccccc1)c1ccc(OC[C@H]2[C@@H](C/C=C\CCCC(=O)O)[C@H](Cl)C[C@H]2O)cc1. The summed E-state index contributed by atoms with van der Waals surface area (Å²) in [6, 6.07) is 18.7. The van der Waals surface area contributed by atoms with Crippen LogP contribution in [0.25, 0.3) is 0 Å². The molecule has 0 aromatic heterocycles. The van der Waals surface area contributed by atoms with E-state index >= 15 is 0 Å². The van der Waals surface area contributed by atoms with Gasteiger partial charge < -0.3 is 14.9 Å². The van der Waals surface area contributed by atoms with Gasteiger partial charge in [-0.2, -0.15) is 0 Å². The van der Waals surface area contributed by atoms with E-state index in [0.717, 1.165) is 18.6 Å². The van der Waals surface area contributed by atoms with Gasteiger partial charge in [0, 0.05) is 23.1 Å². The van der Waals surface area contributed by atoms with E-state index in [-0.39, 0.29) is 29.0 Å². The lowest BCUT2D eigenvalue weighted by atomic mass is 9.78. The molecule has 5 heteroatoms. The zero-order valence-corrected chi connectivity index (χ0v) is 20.2. The third kappa shape index (κ3) is 6.84. The first kappa shape index (κ1) is 25.3. The van der Waals surface area contributed by atoms with Gasteiger partial charge in [-0.05, 0) is 54.9 Å². The maximum atomic E-state index is 10.6. The van der Waals surface area contributed by atoms with Gasteiger partial charge in [-0.3, -0.25) is 4.79 Å². The van der Waals surface area contributed by atoms with Crippen molar-refractivity contribution in [3.05, 3.63) is 77.9 Å². The highest BCUT2D eigenvalue weighted by Gasteiger charge is 2.41. The fourth-order valence-corrected chi connectivity index (χ4v) is 5.09. The Morgan fingerprint density at radius 2 is 1.73 bits per heavy atom. The van der Waals surface area contributed by atoms with Crippen LogP contribution in [0.3, 0.4) is 0 Å². The molecule has 1 aliphatic carbocycles. The predicted octanol–water partition coefficient (Wildman–Crippen LogP) is 6.20. The largest absolute Gasteiger partial charge is 0.493 e. The minimum atomic E-state index is -0.767. The third-order valence-electron chi connectivity index (χ3n) is 6.83. The van der Waals surface area contributed by atoms with Crippen LogP contribution in [0.5, 0.6) is 5.75 Å². The van der Waals surface area contributed by atoms with Gasteiger partial charge in [0.05, 0.1) is 12.7 Å². The molecule has 0 aliphatic heterocycles. The Bertz CT molecular complexity index is 907. The Morgan fingerprint density at radius 3 is 2.39 bits per heavy atom. The van der Waals surface area contributed by atoms with Crippen LogP contribution in [-0.4, -0.2) is 34.3 Å². The number of aliphatic hydroxyl groups excluding tert-OH is 1. The van der Waals surface area contributed by atoms with Crippen molar-refractivity contribution in [2.24, 2.45) is 11.8 Å². The Hall–Kier alpha value is -2.30. The molecule has 2 aromatic rings. The smallest absolute Gasteiger partial charge is 0.303 e. The molecule has 1 aliphatic rings. The minimum Gasteiger partial charge on any atom is -0.493 e. The van der Waals surface area contributed by atoms with E-state index in [1.165, 1.54) is 11.1 Å². The van der Waals surface area contributed by atoms with Crippen molar-refractivity contribution < 1.29 is 19.7 Å². The lowest BCUT2D eigenvalue weighted by molar-refractivity contribution is -0.137. The molecular formula is C28H35ClO4. The molecule has 33 heavy (non-hydrogen) atoms. The summed E-state index contributed by atoms with van der Waals surface area (Å²) in [4.78, 5) is 10.6. The molecule has 4 nitrogen and oxygen atoms in total. The summed E-state index contributed by atoms with van der Waals surface area (Å²) in [5.74, 6) is 0.123. The van der Waals surface area contributed by atoms with E-state index in [1.54, 1.807) is 0 Å². The molecule has 1 fully saturated rings. The van der Waals surface area contributed by atoms with Crippen LogP contribution in [0, 0.1) is 11.8 Å². The normalized spacial score (nSPS) is 23.2. The number of unbranched alkanes of at least 4 members (excludes halogenated alkanes) is 1. The second kappa shape index (κ2) is 11.7. The maximum Gasteiger partial charge on any atom is 0.303 e. The van der Waals surface area contributed by atoms with Crippen molar-refractivity contribution in [2.75, 3.05) is 6.61 Å². The van der Waals surface area contributed by atoms with E-state index in [2.05, 4.69) is 56.3 Å². The molecule has 0 saturated heterocycles. The summed E-state index contributed by atoms with van der Waals surface area (Å²) in [5, 5.41) is 19.2.